The van der Waals surface area contributed by atoms with Crippen molar-refractivity contribution in [3.05, 3.63) is 63.7 Å². The van der Waals surface area contributed by atoms with E-state index in [0.717, 1.165) is 29.7 Å². The van der Waals surface area contributed by atoms with Crippen LogP contribution in [-0.4, -0.2) is 29.4 Å². The normalized spacial score (nSPS) is 13.1. The molecule has 0 saturated heterocycles. The Morgan fingerprint density at radius 1 is 1.24 bits per heavy atom. The molecule has 0 bridgehead atoms. The van der Waals surface area contributed by atoms with Crippen LogP contribution in [0, 0.1) is 5.82 Å². The Balaban J connectivity index is 1.49. The van der Waals surface area contributed by atoms with Crippen molar-refractivity contribution in [3.8, 4) is 0 Å². The highest BCUT2D eigenvalue weighted by molar-refractivity contribution is 7.15. The predicted octanol–water partition coefficient (Wildman–Crippen LogP) is 5.73. The van der Waals surface area contributed by atoms with Gasteiger partial charge in [-0.25, -0.2) is 14.2 Å². The molecule has 0 atom stereocenters. The van der Waals surface area contributed by atoms with Crippen LogP contribution in [0.1, 0.15) is 54.2 Å². The monoisotopic (exact) mass is 499 g/mol. The highest BCUT2D eigenvalue weighted by Gasteiger charge is 2.32. The quantitative estimate of drug-likeness (QED) is 0.316. The number of hydrogen-bond acceptors (Lipinski definition) is 7. The molecule has 1 fully saturated rings. The molecule has 1 aliphatic carbocycles. The van der Waals surface area contributed by atoms with Crippen molar-refractivity contribution in [1.82, 2.24) is 4.98 Å². The number of anilines is 3. The minimum absolute atomic E-state index is 0.105. The lowest BCUT2D eigenvalue weighted by Gasteiger charge is -2.18. The van der Waals surface area contributed by atoms with Gasteiger partial charge >= 0.3 is 5.97 Å². The largest absolute Gasteiger partial charge is 0.462 e. The second-order valence-electron chi connectivity index (χ2n) is 7.57. The number of para-hydroxylation sites is 1. The molecule has 1 aliphatic rings. The van der Waals surface area contributed by atoms with E-state index in [-0.39, 0.29) is 23.3 Å². The number of ether oxygens (including phenoxy) is 1. The van der Waals surface area contributed by atoms with Crippen LogP contribution in [0.3, 0.4) is 0 Å². The first-order valence-corrected chi connectivity index (χ1v) is 12.4. The number of aromatic nitrogens is 1. The van der Waals surface area contributed by atoms with Gasteiger partial charge in [0, 0.05) is 18.4 Å². The second kappa shape index (κ2) is 10.3. The first-order chi connectivity index (χ1) is 16.4. The summed E-state index contributed by atoms with van der Waals surface area (Å²) in [6, 6.07) is 5.95. The standard InChI is InChI=1S/C24H22FN3O4S2/c1-3-32-23(31)21-17(15-8-9-15)13-33-22(21)27-20(30)11-10-16-12-34-24(26-16)28(14(2)29)19-7-5-4-6-18(19)25/h4-7,10-13,15H,3,8-9H2,1-2H3,(H,27,30)/b11-10+. The molecule has 7 nitrogen and oxygen atoms in total. The van der Waals surface area contributed by atoms with Crippen molar-refractivity contribution in [2.45, 2.75) is 32.6 Å². The summed E-state index contributed by atoms with van der Waals surface area (Å²) in [6.45, 7) is 3.32. The molecule has 10 heteroatoms. The van der Waals surface area contributed by atoms with Gasteiger partial charge < -0.3 is 10.1 Å². The summed E-state index contributed by atoms with van der Waals surface area (Å²) in [5, 5.41) is 7.06. The number of thiazole rings is 1. The van der Waals surface area contributed by atoms with Crippen molar-refractivity contribution in [2.24, 2.45) is 0 Å². The van der Waals surface area contributed by atoms with E-state index in [1.807, 2.05) is 5.38 Å². The zero-order valence-electron chi connectivity index (χ0n) is 18.5. The van der Waals surface area contributed by atoms with Crippen LogP contribution in [0.25, 0.3) is 6.08 Å². The van der Waals surface area contributed by atoms with Crippen LogP contribution in [0.2, 0.25) is 0 Å². The number of amides is 2. The second-order valence-corrected chi connectivity index (χ2v) is 9.29. The van der Waals surface area contributed by atoms with Gasteiger partial charge in [0.15, 0.2) is 5.13 Å². The molecular weight excluding hydrogens is 477 g/mol. The van der Waals surface area contributed by atoms with Crippen LogP contribution in [0.5, 0.6) is 0 Å². The van der Waals surface area contributed by atoms with E-state index in [4.69, 9.17) is 4.74 Å². The molecule has 4 rings (SSSR count). The van der Waals surface area contributed by atoms with Gasteiger partial charge in [-0.3, -0.25) is 14.5 Å². The molecular formula is C24H22FN3O4S2. The average Bonchev–Trinajstić information content (AvgIpc) is 3.40. The number of nitrogens with zero attached hydrogens (tertiary/aromatic N) is 2. The Morgan fingerprint density at radius 3 is 2.68 bits per heavy atom. The van der Waals surface area contributed by atoms with E-state index in [1.54, 1.807) is 24.4 Å². The van der Waals surface area contributed by atoms with Crippen molar-refractivity contribution < 1.29 is 23.5 Å². The van der Waals surface area contributed by atoms with Gasteiger partial charge in [0.25, 0.3) is 0 Å². The van der Waals surface area contributed by atoms with E-state index in [2.05, 4.69) is 10.3 Å². The zero-order chi connectivity index (χ0) is 24.2. The van der Waals surface area contributed by atoms with E-state index >= 15 is 0 Å². The fourth-order valence-corrected chi connectivity index (χ4v) is 5.26. The van der Waals surface area contributed by atoms with Crippen molar-refractivity contribution >= 4 is 62.4 Å². The lowest BCUT2D eigenvalue weighted by Crippen LogP contribution is -2.23. The number of rotatable bonds is 8. The topological polar surface area (TPSA) is 88.6 Å². The third-order valence-corrected chi connectivity index (χ3v) is 6.83. The predicted molar refractivity (Wildman–Crippen MR) is 131 cm³/mol. The molecule has 2 heterocycles. The maximum atomic E-state index is 14.2. The Kier molecular flexibility index (Phi) is 7.18. The minimum atomic E-state index is -0.539. The Labute approximate surface area is 203 Å². The first-order valence-electron chi connectivity index (χ1n) is 10.7. The summed E-state index contributed by atoms with van der Waals surface area (Å²) in [6.07, 6.45) is 4.83. The SMILES string of the molecule is CCOC(=O)c1c(C2CC2)csc1NC(=O)/C=C/c1csc(N(C(C)=O)c2ccccc2F)n1. The van der Waals surface area contributed by atoms with Crippen LogP contribution in [0.15, 0.2) is 41.1 Å². The third-order valence-electron chi connectivity index (χ3n) is 5.07. The lowest BCUT2D eigenvalue weighted by atomic mass is 10.1. The van der Waals surface area contributed by atoms with Crippen molar-refractivity contribution in [3.63, 3.8) is 0 Å². The molecule has 3 aromatic rings. The minimum Gasteiger partial charge on any atom is -0.462 e. The van der Waals surface area contributed by atoms with Crippen molar-refractivity contribution in [1.29, 1.82) is 0 Å². The third kappa shape index (κ3) is 5.23. The van der Waals surface area contributed by atoms with Gasteiger partial charge in [-0.05, 0) is 54.8 Å². The molecule has 0 radical (unpaired) electrons. The number of thiophene rings is 1. The fourth-order valence-electron chi connectivity index (χ4n) is 3.38. The van der Waals surface area contributed by atoms with E-state index < -0.39 is 17.7 Å². The van der Waals surface area contributed by atoms with Crippen LogP contribution < -0.4 is 10.2 Å². The lowest BCUT2D eigenvalue weighted by molar-refractivity contribution is -0.116. The van der Waals surface area contributed by atoms with Crippen molar-refractivity contribution in [2.75, 3.05) is 16.8 Å². The van der Waals surface area contributed by atoms with E-state index in [0.29, 0.717) is 22.2 Å². The molecule has 2 amide bonds. The molecule has 1 saturated carbocycles. The summed E-state index contributed by atoms with van der Waals surface area (Å²) in [7, 11) is 0. The molecule has 34 heavy (non-hydrogen) atoms. The molecule has 176 valence electrons. The van der Waals surface area contributed by atoms with Gasteiger partial charge in [-0.1, -0.05) is 12.1 Å². The number of hydrogen-bond donors (Lipinski definition) is 1. The average molecular weight is 500 g/mol. The number of esters is 1. The molecule has 1 aromatic carbocycles. The number of benzene rings is 1. The van der Waals surface area contributed by atoms with Crippen LogP contribution >= 0.6 is 22.7 Å². The van der Waals surface area contributed by atoms with Crippen LogP contribution in [0.4, 0.5) is 20.2 Å². The molecule has 0 spiro atoms. The number of carbonyl (C=O) groups is 3. The summed E-state index contributed by atoms with van der Waals surface area (Å²) >= 11 is 2.45. The highest BCUT2D eigenvalue weighted by atomic mass is 32.1. The van der Waals surface area contributed by atoms with Gasteiger partial charge in [-0.15, -0.1) is 22.7 Å². The summed E-state index contributed by atoms with van der Waals surface area (Å²) in [5.41, 5.74) is 1.89. The van der Waals surface area contributed by atoms with E-state index in [1.165, 1.54) is 47.4 Å². The Morgan fingerprint density at radius 2 is 2.00 bits per heavy atom. The van der Waals surface area contributed by atoms with E-state index in [9.17, 15) is 18.8 Å². The van der Waals surface area contributed by atoms with Crippen LogP contribution in [-0.2, 0) is 14.3 Å². The smallest absolute Gasteiger partial charge is 0.341 e. The van der Waals surface area contributed by atoms with Gasteiger partial charge in [0.05, 0.1) is 23.6 Å². The number of carbonyl (C=O) groups excluding carboxylic acids is 3. The summed E-state index contributed by atoms with van der Waals surface area (Å²) in [4.78, 5) is 42.7. The molecule has 2 aromatic heterocycles. The van der Waals surface area contributed by atoms with Gasteiger partial charge in [-0.2, -0.15) is 0 Å². The summed E-state index contributed by atoms with van der Waals surface area (Å²) in [5.74, 6) is -1.45. The fraction of sp³-hybridized carbons (Fsp3) is 0.250. The molecule has 0 aliphatic heterocycles. The maximum absolute atomic E-state index is 14.2. The Hall–Kier alpha value is -3.37. The Bertz CT molecular complexity index is 1260. The van der Waals surface area contributed by atoms with Gasteiger partial charge in [0.2, 0.25) is 11.8 Å². The first kappa shape index (κ1) is 23.8. The number of nitrogens with one attached hydrogen (secondary N) is 1. The highest BCUT2D eigenvalue weighted by Crippen LogP contribution is 2.46. The molecule has 1 N–H and O–H groups in total. The molecule has 0 unspecified atom stereocenters. The number of halogens is 1. The van der Waals surface area contributed by atoms with Gasteiger partial charge in [0.1, 0.15) is 10.8 Å². The maximum Gasteiger partial charge on any atom is 0.341 e. The zero-order valence-corrected chi connectivity index (χ0v) is 20.2. The summed E-state index contributed by atoms with van der Waals surface area (Å²) < 4.78 is 19.4.